The van der Waals surface area contributed by atoms with Crippen LogP contribution in [0.15, 0.2) is 11.6 Å². The fourth-order valence-corrected chi connectivity index (χ4v) is 2.23. The van der Waals surface area contributed by atoms with E-state index in [1.807, 2.05) is 6.29 Å². The van der Waals surface area contributed by atoms with Crippen molar-refractivity contribution in [3.8, 4) is 0 Å². The Hall–Kier alpha value is -0.590. The Morgan fingerprint density at radius 1 is 1.11 bits per heavy atom. The molecule has 18 heavy (non-hydrogen) atoms. The summed E-state index contributed by atoms with van der Waals surface area (Å²) in [5, 5.41) is 0. The van der Waals surface area contributed by atoms with E-state index in [2.05, 4.69) is 33.8 Å². The van der Waals surface area contributed by atoms with E-state index in [1.165, 1.54) is 44.1 Å². The van der Waals surface area contributed by atoms with Crippen molar-refractivity contribution in [3.63, 3.8) is 0 Å². The first-order chi connectivity index (χ1) is 8.56. The van der Waals surface area contributed by atoms with Gasteiger partial charge >= 0.3 is 0 Å². The Balaban J connectivity index is 3.51. The van der Waals surface area contributed by atoms with Gasteiger partial charge in [-0.05, 0) is 38.0 Å². The zero-order valence-corrected chi connectivity index (χ0v) is 12.8. The van der Waals surface area contributed by atoms with E-state index in [-0.39, 0.29) is 0 Å². The fourth-order valence-electron chi connectivity index (χ4n) is 2.23. The van der Waals surface area contributed by atoms with E-state index in [0.29, 0.717) is 6.42 Å². The smallest absolute Gasteiger partial charge is 0.198 e. The first kappa shape index (κ1) is 17.4. The van der Waals surface area contributed by atoms with Crippen molar-refractivity contribution >= 4 is 6.29 Å². The fraction of sp³-hybridized carbons (Fsp3) is 0.824. The SMILES string of the molecule is C/C(=C\CC[C]=O)CCCC(C)CCCC(C)C. The third kappa shape index (κ3) is 11.9. The molecule has 1 radical (unpaired) electrons. The molecule has 1 unspecified atom stereocenters. The van der Waals surface area contributed by atoms with Gasteiger partial charge in [0.15, 0.2) is 6.29 Å². The topological polar surface area (TPSA) is 17.1 Å². The molecule has 0 spiro atoms. The van der Waals surface area contributed by atoms with Gasteiger partial charge in [0.05, 0.1) is 0 Å². The molecule has 0 N–H and O–H groups in total. The first-order valence-electron chi connectivity index (χ1n) is 7.56. The molecule has 0 aromatic carbocycles. The van der Waals surface area contributed by atoms with Gasteiger partial charge in [-0.15, -0.1) is 0 Å². The second-order valence-electron chi connectivity index (χ2n) is 6.06. The normalized spacial score (nSPS) is 13.9. The average Bonchev–Trinajstić information content (AvgIpc) is 2.29. The van der Waals surface area contributed by atoms with Gasteiger partial charge in [-0.1, -0.05) is 58.1 Å². The van der Waals surface area contributed by atoms with Crippen LogP contribution < -0.4 is 0 Å². The molecule has 0 aromatic heterocycles. The first-order valence-corrected chi connectivity index (χ1v) is 7.56. The van der Waals surface area contributed by atoms with Crippen LogP contribution in [0.1, 0.15) is 79.1 Å². The molecule has 0 aromatic rings. The van der Waals surface area contributed by atoms with Crippen LogP contribution in [-0.4, -0.2) is 6.29 Å². The summed E-state index contributed by atoms with van der Waals surface area (Å²) in [6.07, 6.45) is 13.5. The lowest BCUT2D eigenvalue weighted by molar-refractivity contribution is 0.427. The van der Waals surface area contributed by atoms with Gasteiger partial charge < -0.3 is 0 Å². The number of allylic oxidation sites excluding steroid dienone is 2. The van der Waals surface area contributed by atoms with Gasteiger partial charge in [0.25, 0.3) is 0 Å². The van der Waals surface area contributed by atoms with Crippen molar-refractivity contribution in [2.45, 2.75) is 79.1 Å². The summed E-state index contributed by atoms with van der Waals surface area (Å²) in [6, 6.07) is 0. The third-order valence-electron chi connectivity index (χ3n) is 3.49. The van der Waals surface area contributed by atoms with Crippen molar-refractivity contribution in [2.24, 2.45) is 11.8 Å². The highest BCUT2D eigenvalue weighted by Crippen LogP contribution is 2.19. The van der Waals surface area contributed by atoms with Crippen LogP contribution in [0.25, 0.3) is 0 Å². The van der Waals surface area contributed by atoms with Crippen LogP contribution in [0.2, 0.25) is 0 Å². The molecule has 0 aliphatic rings. The molecule has 0 heterocycles. The van der Waals surface area contributed by atoms with Gasteiger partial charge in [0, 0.05) is 6.42 Å². The van der Waals surface area contributed by atoms with E-state index in [9.17, 15) is 4.79 Å². The molecule has 0 saturated carbocycles. The lowest BCUT2D eigenvalue weighted by atomic mass is 9.94. The summed E-state index contributed by atoms with van der Waals surface area (Å²) in [6.45, 7) is 9.15. The van der Waals surface area contributed by atoms with Crippen molar-refractivity contribution in [3.05, 3.63) is 11.6 Å². The molecule has 1 heteroatoms. The monoisotopic (exact) mass is 251 g/mol. The molecule has 1 nitrogen and oxygen atoms in total. The van der Waals surface area contributed by atoms with Crippen LogP contribution in [0.5, 0.6) is 0 Å². The maximum absolute atomic E-state index is 10.1. The Bertz CT molecular complexity index is 228. The second-order valence-corrected chi connectivity index (χ2v) is 6.06. The zero-order valence-electron chi connectivity index (χ0n) is 12.8. The zero-order chi connectivity index (χ0) is 13.8. The molecule has 0 aliphatic carbocycles. The Kier molecular flexibility index (Phi) is 11.1. The minimum absolute atomic E-state index is 0.545. The van der Waals surface area contributed by atoms with Gasteiger partial charge in [-0.3, -0.25) is 4.79 Å². The summed E-state index contributed by atoms with van der Waals surface area (Å²) < 4.78 is 0. The Morgan fingerprint density at radius 3 is 2.39 bits per heavy atom. The minimum atomic E-state index is 0.545. The summed E-state index contributed by atoms with van der Waals surface area (Å²) in [5.41, 5.74) is 1.43. The highest BCUT2D eigenvalue weighted by atomic mass is 16.1. The van der Waals surface area contributed by atoms with Gasteiger partial charge in [-0.2, -0.15) is 0 Å². The van der Waals surface area contributed by atoms with Gasteiger partial charge in [0.2, 0.25) is 0 Å². The third-order valence-corrected chi connectivity index (χ3v) is 3.49. The summed E-state index contributed by atoms with van der Waals surface area (Å²) >= 11 is 0. The Morgan fingerprint density at radius 2 is 1.78 bits per heavy atom. The van der Waals surface area contributed by atoms with Crippen LogP contribution in [0.3, 0.4) is 0 Å². The quantitative estimate of drug-likeness (QED) is 0.352. The second kappa shape index (κ2) is 11.5. The molecule has 0 fully saturated rings. The lowest BCUT2D eigenvalue weighted by Crippen LogP contribution is -1.97. The van der Waals surface area contributed by atoms with Crippen molar-refractivity contribution in [1.82, 2.24) is 0 Å². The highest BCUT2D eigenvalue weighted by molar-refractivity contribution is 5.50. The number of carbonyl (C=O) groups excluding carboxylic acids is 1. The summed E-state index contributed by atoms with van der Waals surface area (Å²) in [7, 11) is 0. The Labute approximate surface area is 114 Å². The molecule has 1 atom stereocenters. The molecular formula is C17H31O. The molecule has 0 rings (SSSR count). The highest BCUT2D eigenvalue weighted by Gasteiger charge is 2.03. The van der Waals surface area contributed by atoms with E-state index < -0.39 is 0 Å². The minimum Gasteiger partial charge on any atom is -0.291 e. The van der Waals surface area contributed by atoms with Crippen molar-refractivity contribution in [1.29, 1.82) is 0 Å². The number of unbranched alkanes of at least 4 members (excludes halogenated alkanes) is 1. The number of hydrogen-bond donors (Lipinski definition) is 0. The van der Waals surface area contributed by atoms with Crippen LogP contribution in [0, 0.1) is 11.8 Å². The van der Waals surface area contributed by atoms with Crippen molar-refractivity contribution in [2.75, 3.05) is 0 Å². The molecule has 0 amide bonds. The van der Waals surface area contributed by atoms with Crippen LogP contribution in [0.4, 0.5) is 0 Å². The van der Waals surface area contributed by atoms with Gasteiger partial charge in [0.1, 0.15) is 0 Å². The summed E-state index contributed by atoms with van der Waals surface area (Å²) in [4.78, 5) is 10.1. The maximum atomic E-state index is 10.1. The molecule has 0 saturated heterocycles. The lowest BCUT2D eigenvalue weighted by Gasteiger charge is -2.12. The molecule has 0 bridgehead atoms. The van der Waals surface area contributed by atoms with E-state index in [0.717, 1.165) is 18.3 Å². The van der Waals surface area contributed by atoms with E-state index >= 15 is 0 Å². The van der Waals surface area contributed by atoms with E-state index in [4.69, 9.17) is 0 Å². The predicted molar refractivity (Wildman–Crippen MR) is 80.4 cm³/mol. The predicted octanol–water partition coefficient (Wildman–Crippen LogP) is 5.46. The maximum Gasteiger partial charge on any atom is 0.198 e. The summed E-state index contributed by atoms with van der Waals surface area (Å²) in [5.74, 6) is 1.71. The van der Waals surface area contributed by atoms with Crippen molar-refractivity contribution < 1.29 is 4.79 Å². The van der Waals surface area contributed by atoms with Crippen LogP contribution >= 0.6 is 0 Å². The standard InChI is InChI=1S/C17H31O/c1-15(2)9-7-11-17(4)13-8-12-16(3)10-5-6-14-18/h10,15,17H,5-9,11-13H2,1-4H3/b16-10+. The van der Waals surface area contributed by atoms with Gasteiger partial charge in [-0.25, -0.2) is 0 Å². The molecule has 105 valence electrons. The molecule has 0 aliphatic heterocycles. The van der Waals surface area contributed by atoms with Crippen LogP contribution in [-0.2, 0) is 4.79 Å². The molecular weight excluding hydrogens is 220 g/mol. The number of rotatable bonds is 11. The largest absolute Gasteiger partial charge is 0.291 e. The van der Waals surface area contributed by atoms with E-state index in [1.54, 1.807) is 0 Å². The average molecular weight is 251 g/mol. The number of hydrogen-bond acceptors (Lipinski definition) is 1.